The van der Waals surface area contributed by atoms with Gasteiger partial charge in [-0.25, -0.2) is 4.79 Å². The van der Waals surface area contributed by atoms with Crippen LogP contribution in [0.4, 0.5) is 4.79 Å². The highest BCUT2D eigenvalue weighted by Crippen LogP contribution is 2.41. The quantitative estimate of drug-likeness (QED) is 0.840. The Kier molecular flexibility index (Phi) is 4.34. The van der Waals surface area contributed by atoms with Crippen LogP contribution in [0.3, 0.4) is 0 Å². The van der Waals surface area contributed by atoms with Gasteiger partial charge in [-0.2, -0.15) is 0 Å². The molecule has 2 aromatic rings. The van der Waals surface area contributed by atoms with E-state index < -0.39 is 6.09 Å². The van der Waals surface area contributed by atoms with Gasteiger partial charge in [0.1, 0.15) is 12.4 Å². The zero-order chi connectivity index (χ0) is 15.5. The normalized spacial score (nSPS) is 19.5. The van der Waals surface area contributed by atoms with Crippen molar-refractivity contribution >= 4 is 22.0 Å². The Bertz CT molecular complexity index is 672. The predicted molar refractivity (Wildman–Crippen MR) is 87.2 cm³/mol. The molecular weight excluding hydrogens is 346 g/mol. The van der Waals surface area contributed by atoms with Gasteiger partial charge < -0.3 is 15.2 Å². The molecule has 0 spiro atoms. The van der Waals surface area contributed by atoms with E-state index in [-0.39, 0.29) is 12.0 Å². The average molecular weight is 362 g/mol. The van der Waals surface area contributed by atoms with Gasteiger partial charge in [0.25, 0.3) is 0 Å². The van der Waals surface area contributed by atoms with Crippen molar-refractivity contribution in [2.75, 3.05) is 0 Å². The van der Waals surface area contributed by atoms with Gasteiger partial charge in [-0.1, -0.05) is 40.2 Å². The Morgan fingerprint density at radius 3 is 2.73 bits per heavy atom. The fraction of sp³-hybridized carbons (Fsp3) is 0.235. The van der Waals surface area contributed by atoms with Crippen molar-refractivity contribution in [1.29, 1.82) is 0 Å². The standard InChI is InChI=1S/C17H16BrNO3/c18-13-3-1-2-11(8-13)10-22-14-6-4-12(5-7-14)15-9-16(15)19-17(20)21/h1-8,15-16,19H,9-10H2,(H,20,21)/t15-,16+/m0/s1. The van der Waals surface area contributed by atoms with E-state index >= 15 is 0 Å². The highest BCUT2D eigenvalue weighted by atomic mass is 79.9. The zero-order valence-corrected chi connectivity index (χ0v) is 13.4. The fourth-order valence-corrected chi connectivity index (χ4v) is 2.93. The maximum atomic E-state index is 10.6. The van der Waals surface area contributed by atoms with Crippen LogP contribution < -0.4 is 10.1 Å². The number of ether oxygens (including phenoxy) is 1. The van der Waals surface area contributed by atoms with E-state index in [1.54, 1.807) is 0 Å². The summed E-state index contributed by atoms with van der Waals surface area (Å²) < 4.78 is 6.80. The average Bonchev–Trinajstić information content (AvgIpc) is 3.24. The van der Waals surface area contributed by atoms with Crippen molar-refractivity contribution in [3.05, 3.63) is 64.1 Å². The maximum Gasteiger partial charge on any atom is 0.404 e. The monoisotopic (exact) mass is 361 g/mol. The molecule has 0 aromatic heterocycles. The molecule has 1 fully saturated rings. The minimum atomic E-state index is -0.957. The Morgan fingerprint density at radius 2 is 2.05 bits per heavy atom. The van der Waals surface area contributed by atoms with Crippen molar-refractivity contribution < 1.29 is 14.6 Å². The summed E-state index contributed by atoms with van der Waals surface area (Å²) in [4.78, 5) is 10.6. The first-order chi connectivity index (χ1) is 10.6. The van der Waals surface area contributed by atoms with Crippen LogP contribution in [-0.2, 0) is 6.61 Å². The Morgan fingerprint density at radius 1 is 1.27 bits per heavy atom. The smallest absolute Gasteiger partial charge is 0.404 e. The first-order valence-electron chi connectivity index (χ1n) is 7.08. The van der Waals surface area contributed by atoms with Crippen molar-refractivity contribution in [3.63, 3.8) is 0 Å². The number of hydrogen-bond donors (Lipinski definition) is 2. The second-order valence-corrected chi connectivity index (χ2v) is 6.30. The van der Waals surface area contributed by atoms with E-state index in [1.165, 1.54) is 0 Å². The lowest BCUT2D eigenvalue weighted by atomic mass is 10.1. The van der Waals surface area contributed by atoms with Crippen LogP contribution in [0.2, 0.25) is 0 Å². The molecule has 1 aliphatic carbocycles. The van der Waals surface area contributed by atoms with Crippen molar-refractivity contribution in [2.24, 2.45) is 0 Å². The third-order valence-electron chi connectivity index (χ3n) is 3.70. The number of amides is 1. The molecule has 0 aliphatic heterocycles. The van der Waals surface area contributed by atoms with Crippen LogP contribution in [0.25, 0.3) is 0 Å². The number of hydrogen-bond acceptors (Lipinski definition) is 2. The summed E-state index contributed by atoms with van der Waals surface area (Å²) in [5, 5.41) is 11.2. The zero-order valence-electron chi connectivity index (χ0n) is 11.8. The summed E-state index contributed by atoms with van der Waals surface area (Å²) in [6.07, 6.45) is -0.0913. The van der Waals surface area contributed by atoms with Crippen LogP contribution >= 0.6 is 15.9 Å². The second-order valence-electron chi connectivity index (χ2n) is 5.39. The van der Waals surface area contributed by atoms with Crippen molar-refractivity contribution in [2.45, 2.75) is 25.0 Å². The van der Waals surface area contributed by atoms with E-state index in [0.717, 1.165) is 27.8 Å². The molecule has 0 saturated heterocycles. The summed E-state index contributed by atoms with van der Waals surface area (Å²) in [6.45, 7) is 0.519. The molecule has 114 valence electrons. The molecule has 0 radical (unpaired) electrons. The van der Waals surface area contributed by atoms with Crippen molar-refractivity contribution in [3.8, 4) is 5.75 Å². The minimum absolute atomic E-state index is 0.0472. The molecule has 2 atom stereocenters. The number of halogens is 1. The van der Waals surface area contributed by atoms with Crippen LogP contribution in [0, 0.1) is 0 Å². The number of carboxylic acid groups (broad SMARTS) is 1. The topological polar surface area (TPSA) is 58.6 Å². The summed E-state index contributed by atoms with van der Waals surface area (Å²) in [7, 11) is 0. The molecule has 3 rings (SSSR count). The number of rotatable bonds is 5. The Hall–Kier alpha value is -2.01. The van der Waals surface area contributed by atoms with Crippen LogP contribution in [0.1, 0.15) is 23.5 Å². The lowest BCUT2D eigenvalue weighted by Crippen LogP contribution is -2.24. The molecule has 1 saturated carbocycles. The SMILES string of the molecule is O=C(O)N[C@@H]1C[C@H]1c1ccc(OCc2cccc(Br)c2)cc1. The summed E-state index contributed by atoms with van der Waals surface area (Å²) >= 11 is 3.44. The van der Waals surface area contributed by atoms with Gasteiger partial charge >= 0.3 is 6.09 Å². The fourth-order valence-electron chi connectivity index (χ4n) is 2.49. The van der Waals surface area contributed by atoms with Gasteiger partial charge in [0, 0.05) is 16.4 Å². The van der Waals surface area contributed by atoms with Crippen LogP contribution in [0.5, 0.6) is 5.75 Å². The molecule has 2 aromatic carbocycles. The number of benzene rings is 2. The highest BCUT2D eigenvalue weighted by molar-refractivity contribution is 9.10. The third kappa shape index (κ3) is 3.80. The van der Waals surface area contributed by atoms with E-state index in [9.17, 15) is 4.79 Å². The van der Waals surface area contributed by atoms with Crippen molar-refractivity contribution in [1.82, 2.24) is 5.32 Å². The largest absolute Gasteiger partial charge is 0.489 e. The first kappa shape index (κ1) is 14.9. The second kappa shape index (κ2) is 6.40. The van der Waals surface area contributed by atoms with Gasteiger partial charge in [-0.05, 0) is 41.8 Å². The Balaban J connectivity index is 1.55. The molecule has 1 amide bonds. The maximum absolute atomic E-state index is 10.6. The van der Waals surface area contributed by atoms with Gasteiger partial charge in [-0.3, -0.25) is 0 Å². The lowest BCUT2D eigenvalue weighted by Gasteiger charge is -2.08. The van der Waals surface area contributed by atoms with Gasteiger partial charge in [0.05, 0.1) is 0 Å². The molecular formula is C17H16BrNO3. The predicted octanol–water partition coefficient (Wildman–Crippen LogP) is 4.15. The lowest BCUT2D eigenvalue weighted by molar-refractivity contribution is 0.193. The summed E-state index contributed by atoms with van der Waals surface area (Å²) in [5.74, 6) is 1.10. The Labute approximate surface area is 137 Å². The van der Waals surface area contributed by atoms with Crippen LogP contribution in [0.15, 0.2) is 53.0 Å². The first-order valence-corrected chi connectivity index (χ1v) is 7.88. The van der Waals surface area contributed by atoms with E-state index in [4.69, 9.17) is 9.84 Å². The van der Waals surface area contributed by atoms with E-state index in [0.29, 0.717) is 6.61 Å². The third-order valence-corrected chi connectivity index (χ3v) is 4.20. The molecule has 4 nitrogen and oxygen atoms in total. The van der Waals surface area contributed by atoms with Crippen LogP contribution in [-0.4, -0.2) is 17.2 Å². The molecule has 2 N–H and O–H groups in total. The summed E-state index contributed by atoms with van der Waals surface area (Å²) in [6, 6.07) is 15.9. The molecule has 0 heterocycles. The number of carbonyl (C=O) groups is 1. The molecule has 0 unspecified atom stereocenters. The molecule has 1 aliphatic rings. The number of nitrogens with one attached hydrogen (secondary N) is 1. The summed E-state index contributed by atoms with van der Waals surface area (Å²) in [5.41, 5.74) is 2.25. The van der Waals surface area contributed by atoms with Gasteiger partial charge in [0.15, 0.2) is 0 Å². The van der Waals surface area contributed by atoms with Gasteiger partial charge in [0.2, 0.25) is 0 Å². The van der Waals surface area contributed by atoms with E-state index in [1.807, 2.05) is 48.5 Å². The van der Waals surface area contributed by atoms with Gasteiger partial charge in [-0.15, -0.1) is 0 Å². The molecule has 0 bridgehead atoms. The molecule has 5 heteroatoms. The highest BCUT2D eigenvalue weighted by Gasteiger charge is 2.39. The van der Waals surface area contributed by atoms with E-state index in [2.05, 4.69) is 21.2 Å². The molecule has 22 heavy (non-hydrogen) atoms. The minimum Gasteiger partial charge on any atom is -0.489 e.